The highest BCUT2D eigenvalue weighted by Gasteiger charge is 2.23. The lowest BCUT2D eigenvalue weighted by Crippen LogP contribution is -2.45. The Morgan fingerprint density at radius 2 is 1.83 bits per heavy atom. The van der Waals surface area contributed by atoms with Gasteiger partial charge in [-0.1, -0.05) is 37.6 Å². The second-order valence-electron chi connectivity index (χ2n) is 6.80. The van der Waals surface area contributed by atoms with Gasteiger partial charge in [-0.2, -0.15) is 0 Å². The van der Waals surface area contributed by atoms with Crippen LogP contribution < -0.4 is 4.72 Å². The molecule has 1 saturated heterocycles. The van der Waals surface area contributed by atoms with Gasteiger partial charge in [0.1, 0.15) is 0 Å². The average molecular weight is 359 g/mol. The summed E-state index contributed by atoms with van der Waals surface area (Å²) in [6.45, 7) is 6.82. The van der Waals surface area contributed by atoms with E-state index in [9.17, 15) is 8.42 Å². The number of halogens is 1. The fourth-order valence-corrected chi connectivity index (χ4v) is 4.53. The molecule has 0 amide bonds. The molecule has 0 aliphatic carbocycles. The monoisotopic (exact) mass is 358 g/mol. The normalized spacial score (nSPS) is 17.7. The Morgan fingerprint density at radius 3 is 2.39 bits per heavy atom. The zero-order valence-corrected chi connectivity index (χ0v) is 15.5. The number of sulfonamides is 1. The second kappa shape index (κ2) is 8.47. The molecule has 23 heavy (non-hydrogen) atoms. The van der Waals surface area contributed by atoms with E-state index in [2.05, 4.69) is 9.62 Å². The van der Waals surface area contributed by atoms with Gasteiger partial charge in [0.05, 0.1) is 5.75 Å². The van der Waals surface area contributed by atoms with Crippen molar-refractivity contribution in [1.82, 2.24) is 9.62 Å². The summed E-state index contributed by atoms with van der Waals surface area (Å²) in [5.74, 6) is 0.642. The van der Waals surface area contributed by atoms with Crippen molar-refractivity contribution in [3.05, 3.63) is 34.9 Å². The Morgan fingerprint density at radius 1 is 1.22 bits per heavy atom. The fraction of sp³-hybridized carbons (Fsp3) is 0.647. The molecule has 0 unspecified atom stereocenters. The highest BCUT2D eigenvalue weighted by atomic mass is 35.5. The van der Waals surface area contributed by atoms with Crippen LogP contribution in [0.2, 0.25) is 5.02 Å². The molecular weight excluding hydrogens is 332 g/mol. The van der Waals surface area contributed by atoms with Crippen molar-refractivity contribution in [2.24, 2.45) is 5.92 Å². The molecule has 0 radical (unpaired) electrons. The fourth-order valence-electron chi connectivity index (χ4n) is 2.76. The van der Waals surface area contributed by atoms with Crippen molar-refractivity contribution < 1.29 is 8.42 Å². The lowest BCUT2D eigenvalue weighted by molar-refractivity contribution is 0.200. The van der Waals surface area contributed by atoms with Gasteiger partial charge < -0.3 is 0 Å². The summed E-state index contributed by atoms with van der Waals surface area (Å²) >= 11 is 5.90. The number of hydrogen-bond acceptors (Lipinski definition) is 3. The molecule has 0 atom stereocenters. The minimum absolute atomic E-state index is 0.0774. The molecule has 4 nitrogen and oxygen atoms in total. The molecule has 0 spiro atoms. The van der Waals surface area contributed by atoms with Gasteiger partial charge in [0.2, 0.25) is 10.0 Å². The van der Waals surface area contributed by atoms with Gasteiger partial charge in [0.25, 0.3) is 0 Å². The molecule has 1 heterocycles. The molecule has 6 heteroatoms. The van der Waals surface area contributed by atoms with Gasteiger partial charge in [-0.3, -0.25) is 4.90 Å². The molecule has 1 aliphatic rings. The van der Waals surface area contributed by atoms with Crippen molar-refractivity contribution in [3.8, 4) is 0 Å². The van der Waals surface area contributed by atoms with E-state index in [1.165, 1.54) is 5.56 Å². The molecule has 0 aromatic heterocycles. The minimum atomic E-state index is -3.14. The first-order chi connectivity index (χ1) is 10.8. The third-order valence-corrected chi connectivity index (χ3v) is 5.93. The maximum Gasteiger partial charge on any atom is 0.211 e. The average Bonchev–Trinajstić information content (AvgIpc) is 2.49. The number of hydrogen-bond donors (Lipinski definition) is 1. The first kappa shape index (κ1) is 18.7. The summed E-state index contributed by atoms with van der Waals surface area (Å²) in [5, 5.41) is 0.753. The van der Waals surface area contributed by atoms with Crippen LogP contribution in [0.3, 0.4) is 0 Å². The number of piperidine rings is 1. The van der Waals surface area contributed by atoms with E-state index >= 15 is 0 Å². The van der Waals surface area contributed by atoms with Gasteiger partial charge in [-0.05, 0) is 42.9 Å². The van der Waals surface area contributed by atoms with Gasteiger partial charge >= 0.3 is 0 Å². The number of rotatable bonds is 7. The minimum Gasteiger partial charge on any atom is -0.299 e. The van der Waals surface area contributed by atoms with Crippen LogP contribution in [0.25, 0.3) is 0 Å². The molecule has 2 rings (SSSR count). The van der Waals surface area contributed by atoms with Gasteiger partial charge in [0, 0.05) is 30.7 Å². The molecule has 130 valence electrons. The summed E-state index contributed by atoms with van der Waals surface area (Å²) in [6, 6.07) is 7.99. The molecule has 1 aliphatic heterocycles. The lowest BCUT2D eigenvalue weighted by atomic mass is 10.1. The van der Waals surface area contributed by atoms with E-state index in [-0.39, 0.29) is 11.8 Å². The molecular formula is C17H27ClN2O2S. The first-order valence-electron chi connectivity index (χ1n) is 8.31. The van der Waals surface area contributed by atoms with Crippen LogP contribution in [0, 0.1) is 5.92 Å². The summed E-state index contributed by atoms with van der Waals surface area (Å²) in [6.07, 6.45) is 2.45. The predicted molar refractivity (Wildman–Crippen MR) is 96.1 cm³/mol. The van der Waals surface area contributed by atoms with Crippen LogP contribution in [-0.2, 0) is 16.6 Å². The van der Waals surface area contributed by atoms with E-state index in [0.717, 1.165) is 37.5 Å². The molecule has 1 aromatic rings. The van der Waals surface area contributed by atoms with Crippen LogP contribution in [0.15, 0.2) is 24.3 Å². The van der Waals surface area contributed by atoms with E-state index in [0.29, 0.717) is 12.3 Å². The van der Waals surface area contributed by atoms with Crippen molar-refractivity contribution in [1.29, 1.82) is 0 Å². The van der Waals surface area contributed by atoms with Crippen molar-refractivity contribution in [2.45, 2.75) is 45.7 Å². The quantitative estimate of drug-likeness (QED) is 0.813. The van der Waals surface area contributed by atoms with Crippen molar-refractivity contribution in [3.63, 3.8) is 0 Å². The Labute approximate surface area is 145 Å². The highest BCUT2D eigenvalue weighted by Crippen LogP contribution is 2.16. The van der Waals surface area contributed by atoms with Crippen LogP contribution >= 0.6 is 11.6 Å². The van der Waals surface area contributed by atoms with Crippen molar-refractivity contribution >= 4 is 21.6 Å². The zero-order valence-electron chi connectivity index (χ0n) is 14.0. The molecule has 1 aromatic carbocycles. The maximum absolute atomic E-state index is 12.1. The predicted octanol–water partition coefficient (Wildman–Crippen LogP) is 3.27. The summed E-state index contributed by atoms with van der Waals surface area (Å²) < 4.78 is 27.0. The number of nitrogens with zero attached hydrogens (tertiary/aromatic N) is 1. The van der Waals surface area contributed by atoms with Crippen LogP contribution in [0.1, 0.15) is 38.7 Å². The Hall–Kier alpha value is -0.620. The molecule has 1 fully saturated rings. The summed E-state index contributed by atoms with van der Waals surface area (Å²) in [5.41, 5.74) is 1.24. The molecule has 0 bridgehead atoms. The summed E-state index contributed by atoms with van der Waals surface area (Å²) in [7, 11) is -3.14. The van der Waals surface area contributed by atoms with E-state index in [4.69, 9.17) is 11.6 Å². The third-order valence-electron chi connectivity index (χ3n) is 4.22. The van der Waals surface area contributed by atoms with E-state index < -0.39 is 10.0 Å². The van der Waals surface area contributed by atoms with E-state index in [1.807, 2.05) is 38.1 Å². The maximum atomic E-state index is 12.1. The Bertz CT molecular complexity index is 579. The largest absolute Gasteiger partial charge is 0.299 e. The number of likely N-dealkylation sites (tertiary alicyclic amines) is 1. The summed E-state index contributed by atoms with van der Waals surface area (Å²) in [4.78, 5) is 2.36. The standard InChI is InChI=1S/C17H27ClN2O2S/c1-14(2)9-12-23(21,22)19-17-7-10-20(11-8-17)13-15-3-5-16(18)6-4-15/h3-6,14,17,19H,7-13H2,1-2H3. The smallest absolute Gasteiger partial charge is 0.211 e. The molecule has 0 saturated carbocycles. The third kappa shape index (κ3) is 6.79. The van der Waals surface area contributed by atoms with E-state index in [1.54, 1.807) is 0 Å². The van der Waals surface area contributed by atoms with Crippen LogP contribution in [0.5, 0.6) is 0 Å². The Balaban J connectivity index is 1.76. The van der Waals surface area contributed by atoms with Gasteiger partial charge in [-0.25, -0.2) is 13.1 Å². The SMILES string of the molecule is CC(C)CCS(=O)(=O)NC1CCN(Cc2ccc(Cl)cc2)CC1. The number of benzene rings is 1. The van der Waals surface area contributed by atoms with Gasteiger partial charge in [0.15, 0.2) is 0 Å². The van der Waals surface area contributed by atoms with Gasteiger partial charge in [-0.15, -0.1) is 0 Å². The second-order valence-corrected chi connectivity index (χ2v) is 9.11. The molecule has 1 N–H and O–H groups in total. The van der Waals surface area contributed by atoms with Crippen LogP contribution in [0.4, 0.5) is 0 Å². The number of nitrogens with one attached hydrogen (secondary N) is 1. The zero-order chi connectivity index (χ0) is 16.9. The lowest BCUT2D eigenvalue weighted by Gasteiger charge is -2.32. The topological polar surface area (TPSA) is 49.4 Å². The Kier molecular flexibility index (Phi) is 6.89. The van der Waals surface area contributed by atoms with Crippen molar-refractivity contribution in [2.75, 3.05) is 18.8 Å². The highest BCUT2D eigenvalue weighted by molar-refractivity contribution is 7.89. The van der Waals surface area contributed by atoms with Crippen LogP contribution in [-0.4, -0.2) is 38.2 Å². The first-order valence-corrected chi connectivity index (χ1v) is 10.3.